The second-order valence-corrected chi connectivity index (χ2v) is 5.21. The van der Waals surface area contributed by atoms with Gasteiger partial charge in [0.05, 0.1) is 4.92 Å². The summed E-state index contributed by atoms with van der Waals surface area (Å²) in [7, 11) is 0. The normalized spacial score (nSPS) is 21.7. The van der Waals surface area contributed by atoms with E-state index in [9.17, 15) is 14.9 Å². The molecule has 2 rings (SSSR count). The van der Waals surface area contributed by atoms with Gasteiger partial charge in [-0.3, -0.25) is 10.1 Å². The van der Waals surface area contributed by atoms with Gasteiger partial charge in [0.2, 0.25) is 0 Å². The molecule has 0 heterocycles. The fourth-order valence-electron chi connectivity index (χ4n) is 2.79. The van der Waals surface area contributed by atoms with E-state index in [4.69, 9.17) is 5.11 Å². The van der Waals surface area contributed by atoms with Crippen LogP contribution in [-0.2, 0) is 6.54 Å². The molecule has 1 amide bonds. The number of nitrogens with one attached hydrogen (secondary N) is 2. The third-order valence-corrected chi connectivity index (χ3v) is 3.82. The Labute approximate surface area is 122 Å². The number of nitro benzene ring substituents is 1. The third-order valence-electron chi connectivity index (χ3n) is 3.82. The first-order valence-electron chi connectivity index (χ1n) is 7.03. The Morgan fingerprint density at radius 3 is 2.62 bits per heavy atom. The zero-order valence-electron chi connectivity index (χ0n) is 11.6. The van der Waals surface area contributed by atoms with Gasteiger partial charge in [-0.05, 0) is 12.8 Å². The third kappa shape index (κ3) is 4.16. The summed E-state index contributed by atoms with van der Waals surface area (Å²) in [6, 6.07) is 6.46. The molecule has 2 atom stereocenters. The Bertz CT molecular complexity index is 521. The van der Waals surface area contributed by atoms with Crippen LogP contribution in [0.25, 0.3) is 0 Å². The summed E-state index contributed by atoms with van der Waals surface area (Å²) < 4.78 is 0. The number of carbonyl (C=O) groups is 1. The molecule has 0 unspecified atom stereocenters. The number of hydrogen-bond acceptors (Lipinski definition) is 4. The molecule has 114 valence electrons. The summed E-state index contributed by atoms with van der Waals surface area (Å²) in [5.41, 5.74) is 0.700. The first kappa shape index (κ1) is 15.2. The van der Waals surface area contributed by atoms with Crippen LogP contribution in [0.5, 0.6) is 0 Å². The number of benzene rings is 1. The van der Waals surface area contributed by atoms with Gasteiger partial charge in [0.25, 0.3) is 5.69 Å². The SMILES string of the molecule is O=C(O)N[C@H]1CCCC[C@@H]1NCc1ccccc1[N+](=O)[O-]. The van der Waals surface area contributed by atoms with E-state index < -0.39 is 11.0 Å². The minimum atomic E-state index is -1.03. The van der Waals surface area contributed by atoms with Crippen LogP contribution in [0.1, 0.15) is 31.2 Å². The summed E-state index contributed by atoms with van der Waals surface area (Å²) in [6.07, 6.45) is 2.66. The maximum absolute atomic E-state index is 11.0. The van der Waals surface area contributed by atoms with E-state index in [0.717, 1.165) is 25.7 Å². The van der Waals surface area contributed by atoms with Gasteiger partial charge in [-0.25, -0.2) is 4.79 Å². The summed E-state index contributed by atoms with van der Waals surface area (Å²) in [6.45, 7) is 0.361. The number of carboxylic acid groups (broad SMARTS) is 1. The molecular weight excluding hydrogens is 274 g/mol. The number of para-hydroxylation sites is 1. The average molecular weight is 293 g/mol. The molecule has 1 aliphatic rings. The number of amides is 1. The minimum Gasteiger partial charge on any atom is -0.465 e. The highest BCUT2D eigenvalue weighted by atomic mass is 16.6. The number of hydrogen-bond donors (Lipinski definition) is 3. The van der Waals surface area contributed by atoms with Crippen molar-refractivity contribution in [2.24, 2.45) is 0 Å². The Balaban J connectivity index is 2.00. The van der Waals surface area contributed by atoms with E-state index in [1.165, 1.54) is 6.07 Å². The maximum atomic E-state index is 11.0. The molecule has 1 aliphatic carbocycles. The number of nitro groups is 1. The van der Waals surface area contributed by atoms with Gasteiger partial charge in [-0.1, -0.05) is 31.0 Å². The highest BCUT2D eigenvalue weighted by Gasteiger charge is 2.26. The summed E-state index contributed by atoms with van der Waals surface area (Å²) >= 11 is 0. The van der Waals surface area contributed by atoms with E-state index >= 15 is 0 Å². The van der Waals surface area contributed by atoms with Gasteiger partial charge >= 0.3 is 6.09 Å². The number of rotatable bonds is 5. The van der Waals surface area contributed by atoms with Crippen molar-refractivity contribution in [1.29, 1.82) is 0 Å². The molecule has 1 saturated carbocycles. The lowest BCUT2D eigenvalue weighted by atomic mass is 9.90. The summed E-state index contributed by atoms with van der Waals surface area (Å²) in [4.78, 5) is 21.4. The standard InChI is InChI=1S/C14H19N3O4/c18-14(19)16-12-7-3-2-6-11(12)15-9-10-5-1-4-8-13(10)17(20)21/h1,4-5,8,11-12,15-16H,2-3,6-7,9H2,(H,18,19)/t11-,12-/m0/s1. The summed E-state index contributed by atoms with van der Waals surface area (Å²) in [5, 5.41) is 25.6. The molecule has 21 heavy (non-hydrogen) atoms. The highest BCUT2D eigenvalue weighted by molar-refractivity contribution is 5.65. The van der Waals surface area contributed by atoms with E-state index in [0.29, 0.717) is 12.1 Å². The van der Waals surface area contributed by atoms with Gasteiger partial charge in [-0.2, -0.15) is 0 Å². The summed E-state index contributed by atoms with van der Waals surface area (Å²) in [5.74, 6) is 0. The van der Waals surface area contributed by atoms with Crippen molar-refractivity contribution in [3.63, 3.8) is 0 Å². The van der Waals surface area contributed by atoms with Gasteiger partial charge in [-0.15, -0.1) is 0 Å². The van der Waals surface area contributed by atoms with E-state index in [-0.39, 0.29) is 17.8 Å². The lowest BCUT2D eigenvalue weighted by Gasteiger charge is -2.32. The topological polar surface area (TPSA) is 104 Å². The van der Waals surface area contributed by atoms with Gasteiger partial charge in [0.1, 0.15) is 0 Å². The second kappa shape index (κ2) is 7.03. The molecule has 0 aromatic heterocycles. The monoisotopic (exact) mass is 293 g/mol. The van der Waals surface area contributed by atoms with Gasteiger partial charge < -0.3 is 15.7 Å². The quantitative estimate of drug-likeness (QED) is 0.570. The first-order valence-corrected chi connectivity index (χ1v) is 7.03. The lowest BCUT2D eigenvalue weighted by Crippen LogP contribution is -2.51. The smallest absolute Gasteiger partial charge is 0.404 e. The molecule has 0 radical (unpaired) electrons. The Morgan fingerprint density at radius 2 is 1.95 bits per heavy atom. The molecule has 7 heteroatoms. The molecule has 3 N–H and O–H groups in total. The van der Waals surface area contributed by atoms with Crippen LogP contribution in [0.15, 0.2) is 24.3 Å². The minimum absolute atomic E-state index is 0.00894. The molecule has 1 aromatic rings. The van der Waals surface area contributed by atoms with E-state index in [1.54, 1.807) is 18.2 Å². The largest absolute Gasteiger partial charge is 0.465 e. The predicted molar refractivity (Wildman–Crippen MR) is 77.1 cm³/mol. The Morgan fingerprint density at radius 1 is 1.29 bits per heavy atom. The molecule has 0 aliphatic heterocycles. The molecule has 7 nitrogen and oxygen atoms in total. The van der Waals surface area contributed by atoms with Gasteiger partial charge in [0.15, 0.2) is 0 Å². The van der Waals surface area contributed by atoms with E-state index in [2.05, 4.69) is 10.6 Å². The maximum Gasteiger partial charge on any atom is 0.404 e. The van der Waals surface area contributed by atoms with Crippen molar-refractivity contribution in [2.75, 3.05) is 0 Å². The molecular formula is C14H19N3O4. The molecule has 1 aromatic carbocycles. The van der Waals surface area contributed by atoms with Crippen LogP contribution in [0.4, 0.5) is 10.5 Å². The first-order chi connectivity index (χ1) is 10.1. The molecule has 0 bridgehead atoms. The Kier molecular flexibility index (Phi) is 5.10. The van der Waals surface area contributed by atoms with Crippen molar-refractivity contribution in [3.8, 4) is 0 Å². The fraction of sp³-hybridized carbons (Fsp3) is 0.500. The predicted octanol–water partition coefficient (Wildman–Crippen LogP) is 2.26. The lowest BCUT2D eigenvalue weighted by molar-refractivity contribution is -0.385. The van der Waals surface area contributed by atoms with Crippen LogP contribution in [0, 0.1) is 10.1 Å². The molecule has 0 saturated heterocycles. The van der Waals surface area contributed by atoms with Crippen molar-refractivity contribution in [1.82, 2.24) is 10.6 Å². The zero-order valence-corrected chi connectivity index (χ0v) is 11.6. The number of nitrogens with zero attached hydrogens (tertiary/aromatic N) is 1. The zero-order chi connectivity index (χ0) is 15.2. The average Bonchev–Trinajstić information content (AvgIpc) is 2.46. The van der Waals surface area contributed by atoms with Crippen LogP contribution < -0.4 is 10.6 Å². The van der Waals surface area contributed by atoms with Crippen LogP contribution >= 0.6 is 0 Å². The van der Waals surface area contributed by atoms with Crippen LogP contribution in [0.3, 0.4) is 0 Å². The van der Waals surface area contributed by atoms with Crippen molar-refractivity contribution in [3.05, 3.63) is 39.9 Å². The van der Waals surface area contributed by atoms with Crippen LogP contribution in [-0.4, -0.2) is 28.2 Å². The Hall–Kier alpha value is -2.15. The van der Waals surface area contributed by atoms with Crippen molar-refractivity contribution < 1.29 is 14.8 Å². The van der Waals surface area contributed by atoms with Crippen molar-refractivity contribution >= 4 is 11.8 Å². The highest BCUT2D eigenvalue weighted by Crippen LogP contribution is 2.21. The fourth-order valence-corrected chi connectivity index (χ4v) is 2.79. The van der Waals surface area contributed by atoms with E-state index in [1.807, 2.05) is 0 Å². The second-order valence-electron chi connectivity index (χ2n) is 5.21. The van der Waals surface area contributed by atoms with Gasteiger partial charge in [0, 0.05) is 30.3 Å². The molecule has 1 fully saturated rings. The van der Waals surface area contributed by atoms with Crippen LogP contribution in [0.2, 0.25) is 0 Å². The van der Waals surface area contributed by atoms with Crippen molar-refractivity contribution in [2.45, 2.75) is 44.3 Å². The molecule has 0 spiro atoms.